The van der Waals surface area contributed by atoms with Gasteiger partial charge in [0.05, 0.1) is 4.92 Å². The quantitative estimate of drug-likeness (QED) is 0.472. The highest BCUT2D eigenvalue weighted by atomic mass is 127. The zero-order valence-electron chi connectivity index (χ0n) is 9.41. The molecule has 7 heteroatoms. The van der Waals surface area contributed by atoms with E-state index in [0.717, 1.165) is 3.57 Å². The average Bonchev–Trinajstić information content (AvgIpc) is 2.38. The van der Waals surface area contributed by atoms with E-state index in [1.165, 1.54) is 12.3 Å². The molecule has 0 saturated carbocycles. The van der Waals surface area contributed by atoms with Crippen molar-refractivity contribution in [2.75, 3.05) is 0 Å². The highest BCUT2D eigenvalue weighted by Crippen LogP contribution is 2.31. The fourth-order valence-electron chi connectivity index (χ4n) is 1.42. The molecule has 94 valence electrons. The first-order valence-electron chi connectivity index (χ1n) is 5.08. The number of nitriles is 1. The molecule has 0 atom stereocenters. The molecule has 0 aliphatic carbocycles. The third kappa shape index (κ3) is 2.97. The Labute approximate surface area is 121 Å². The third-order valence-electron chi connectivity index (χ3n) is 2.20. The van der Waals surface area contributed by atoms with E-state index < -0.39 is 10.6 Å². The Morgan fingerprint density at radius 2 is 2.21 bits per heavy atom. The van der Waals surface area contributed by atoms with Gasteiger partial charge in [-0.3, -0.25) is 10.1 Å². The zero-order valence-corrected chi connectivity index (χ0v) is 11.6. The minimum absolute atomic E-state index is 0.0828. The SMILES string of the molecule is N#Cc1ccnc(Oc2cccc(I)c2)c1[N+](=O)[O-]. The van der Waals surface area contributed by atoms with Crippen LogP contribution in [0.2, 0.25) is 0 Å². The molecule has 0 aliphatic heterocycles. The second-order valence-electron chi connectivity index (χ2n) is 3.44. The number of aromatic nitrogens is 1. The monoisotopic (exact) mass is 367 g/mol. The number of nitro groups is 1. The van der Waals surface area contributed by atoms with Gasteiger partial charge in [0.2, 0.25) is 0 Å². The lowest BCUT2D eigenvalue weighted by atomic mass is 10.2. The van der Waals surface area contributed by atoms with E-state index in [1.807, 2.05) is 6.07 Å². The summed E-state index contributed by atoms with van der Waals surface area (Å²) in [6.07, 6.45) is 1.30. The third-order valence-corrected chi connectivity index (χ3v) is 2.88. The molecule has 0 bridgehead atoms. The van der Waals surface area contributed by atoms with Crippen LogP contribution < -0.4 is 4.74 Å². The number of hydrogen-bond acceptors (Lipinski definition) is 5. The minimum atomic E-state index is -0.672. The van der Waals surface area contributed by atoms with Crippen molar-refractivity contribution in [1.82, 2.24) is 4.98 Å². The number of ether oxygens (including phenoxy) is 1. The van der Waals surface area contributed by atoms with Gasteiger partial charge in [0.1, 0.15) is 17.4 Å². The van der Waals surface area contributed by atoms with Crippen LogP contribution in [0.25, 0.3) is 0 Å². The van der Waals surface area contributed by atoms with Crippen LogP contribution in [0.3, 0.4) is 0 Å². The molecule has 0 amide bonds. The summed E-state index contributed by atoms with van der Waals surface area (Å²) in [5, 5.41) is 19.9. The number of pyridine rings is 1. The molecule has 0 unspecified atom stereocenters. The standard InChI is InChI=1S/C12H6IN3O3/c13-9-2-1-3-10(6-9)19-12-11(16(17)18)8(7-14)4-5-15-12/h1-6H. The summed E-state index contributed by atoms with van der Waals surface area (Å²) in [6.45, 7) is 0. The first-order chi connectivity index (χ1) is 9.11. The molecule has 0 radical (unpaired) electrons. The van der Waals surface area contributed by atoms with Crippen molar-refractivity contribution in [3.05, 3.63) is 55.8 Å². The van der Waals surface area contributed by atoms with Gasteiger partial charge in [0, 0.05) is 9.77 Å². The topological polar surface area (TPSA) is 89.0 Å². The molecular weight excluding hydrogens is 361 g/mol. The van der Waals surface area contributed by atoms with Crippen molar-refractivity contribution >= 4 is 28.3 Å². The molecule has 2 rings (SSSR count). The van der Waals surface area contributed by atoms with Crippen LogP contribution in [0.1, 0.15) is 5.56 Å². The zero-order chi connectivity index (χ0) is 13.8. The fraction of sp³-hybridized carbons (Fsp3) is 0. The van der Waals surface area contributed by atoms with Gasteiger partial charge >= 0.3 is 11.6 Å². The molecule has 1 aromatic heterocycles. The molecule has 6 nitrogen and oxygen atoms in total. The van der Waals surface area contributed by atoms with Gasteiger partial charge in [-0.1, -0.05) is 6.07 Å². The highest BCUT2D eigenvalue weighted by Gasteiger charge is 2.23. The Bertz CT molecular complexity index is 682. The molecule has 1 aromatic carbocycles. The number of rotatable bonds is 3. The number of halogens is 1. The summed E-state index contributed by atoms with van der Waals surface area (Å²) < 4.78 is 6.31. The predicted octanol–water partition coefficient (Wildman–Crippen LogP) is 3.26. The Hall–Kier alpha value is -2.21. The Balaban J connectivity index is 2.46. The summed E-state index contributed by atoms with van der Waals surface area (Å²) in [5.41, 5.74) is -0.510. The first kappa shape index (κ1) is 13.2. The van der Waals surface area contributed by atoms with E-state index >= 15 is 0 Å². The van der Waals surface area contributed by atoms with Crippen LogP contribution in [0.4, 0.5) is 5.69 Å². The van der Waals surface area contributed by atoms with E-state index in [-0.39, 0.29) is 11.4 Å². The Morgan fingerprint density at radius 1 is 1.42 bits per heavy atom. The number of hydrogen-bond donors (Lipinski definition) is 0. The van der Waals surface area contributed by atoms with E-state index in [0.29, 0.717) is 5.75 Å². The second kappa shape index (κ2) is 5.62. The van der Waals surface area contributed by atoms with Crippen LogP contribution >= 0.6 is 22.6 Å². The van der Waals surface area contributed by atoms with Crippen molar-refractivity contribution in [2.45, 2.75) is 0 Å². The average molecular weight is 367 g/mol. The van der Waals surface area contributed by atoms with E-state index in [9.17, 15) is 10.1 Å². The number of nitrogens with zero attached hydrogens (tertiary/aromatic N) is 3. The number of benzene rings is 1. The van der Waals surface area contributed by atoms with Crippen molar-refractivity contribution in [1.29, 1.82) is 5.26 Å². The second-order valence-corrected chi connectivity index (χ2v) is 4.69. The molecule has 1 heterocycles. The van der Waals surface area contributed by atoms with Crippen LogP contribution in [-0.2, 0) is 0 Å². The van der Waals surface area contributed by atoms with Gasteiger partial charge in [-0.05, 0) is 46.9 Å². The molecule has 0 aliphatic rings. The Kier molecular flexibility index (Phi) is 3.91. The highest BCUT2D eigenvalue weighted by molar-refractivity contribution is 14.1. The maximum atomic E-state index is 11.0. The van der Waals surface area contributed by atoms with Gasteiger partial charge in [-0.15, -0.1) is 0 Å². The first-order valence-corrected chi connectivity index (χ1v) is 6.16. The largest absolute Gasteiger partial charge is 0.434 e. The molecule has 0 fully saturated rings. The molecule has 0 saturated heterocycles. The summed E-state index contributed by atoms with van der Waals surface area (Å²) >= 11 is 2.10. The lowest BCUT2D eigenvalue weighted by Crippen LogP contribution is -1.98. The van der Waals surface area contributed by atoms with Crippen LogP contribution in [0, 0.1) is 25.0 Å². The van der Waals surface area contributed by atoms with Crippen LogP contribution in [0.15, 0.2) is 36.5 Å². The molecule has 0 N–H and O–H groups in total. The van der Waals surface area contributed by atoms with Crippen LogP contribution in [0.5, 0.6) is 11.6 Å². The van der Waals surface area contributed by atoms with Gasteiger partial charge in [0.15, 0.2) is 0 Å². The summed E-state index contributed by atoms with van der Waals surface area (Å²) in [5.74, 6) is 0.239. The fourth-order valence-corrected chi connectivity index (χ4v) is 1.93. The maximum absolute atomic E-state index is 11.0. The molecule has 19 heavy (non-hydrogen) atoms. The summed E-state index contributed by atoms with van der Waals surface area (Å²) in [6, 6.07) is 10.0. The van der Waals surface area contributed by atoms with Crippen molar-refractivity contribution in [3.63, 3.8) is 0 Å². The van der Waals surface area contributed by atoms with E-state index in [2.05, 4.69) is 27.6 Å². The smallest absolute Gasteiger partial charge is 0.348 e. The lowest BCUT2D eigenvalue weighted by Gasteiger charge is -2.05. The van der Waals surface area contributed by atoms with E-state index in [4.69, 9.17) is 10.00 Å². The molecule has 2 aromatic rings. The molecular formula is C12H6IN3O3. The molecule has 0 spiro atoms. The summed E-state index contributed by atoms with van der Waals surface area (Å²) in [7, 11) is 0. The van der Waals surface area contributed by atoms with Crippen LogP contribution in [-0.4, -0.2) is 9.91 Å². The minimum Gasteiger partial charge on any atom is -0.434 e. The summed E-state index contributed by atoms with van der Waals surface area (Å²) in [4.78, 5) is 14.1. The van der Waals surface area contributed by atoms with Crippen molar-refractivity contribution in [3.8, 4) is 17.7 Å². The van der Waals surface area contributed by atoms with Gasteiger partial charge in [0.25, 0.3) is 0 Å². The van der Waals surface area contributed by atoms with Gasteiger partial charge in [-0.2, -0.15) is 5.26 Å². The van der Waals surface area contributed by atoms with Gasteiger partial charge in [-0.25, -0.2) is 4.98 Å². The Morgan fingerprint density at radius 3 is 2.84 bits per heavy atom. The predicted molar refractivity (Wildman–Crippen MR) is 74.8 cm³/mol. The lowest BCUT2D eigenvalue weighted by molar-refractivity contribution is -0.386. The maximum Gasteiger partial charge on any atom is 0.348 e. The van der Waals surface area contributed by atoms with E-state index in [1.54, 1.807) is 24.3 Å². The van der Waals surface area contributed by atoms with Crippen molar-refractivity contribution in [2.24, 2.45) is 0 Å². The van der Waals surface area contributed by atoms with Crippen molar-refractivity contribution < 1.29 is 9.66 Å². The normalized spacial score (nSPS) is 9.68. The van der Waals surface area contributed by atoms with Gasteiger partial charge < -0.3 is 4.74 Å².